The minimum Gasteiger partial charge on any atom is 0 e. The van der Waals surface area contributed by atoms with Gasteiger partial charge in [0.25, 0.3) is 0 Å². The van der Waals surface area contributed by atoms with Crippen LogP contribution in [-0.2, 0) is 36.4 Å². The van der Waals surface area contributed by atoms with Crippen molar-refractivity contribution in [1.29, 1.82) is 0 Å². The van der Waals surface area contributed by atoms with Crippen molar-refractivity contribution in [3.8, 4) is 0 Å². The van der Waals surface area contributed by atoms with Gasteiger partial charge in [0.1, 0.15) is 0 Å². The Morgan fingerprint density at radius 1 is 1.20 bits per heavy atom. The fourth-order valence-corrected chi connectivity index (χ4v) is 0. The second kappa shape index (κ2) is 25.9. The Bertz CT molecular complexity index is 11.6. The van der Waals surface area contributed by atoms with Crippen LogP contribution in [0, 0.1) is 35.6 Å². The van der Waals surface area contributed by atoms with Gasteiger partial charge in [0, 0.05) is 98.1 Å². The predicted molar refractivity (Wildman–Crippen MR) is 6.44 cm³/mol. The molecule has 0 spiro atoms. The molecule has 0 aromatic heterocycles. The topological polar surface area (TPSA) is 17.1 Å². The van der Waals surface area contributed by atoms with Gasteiger partial charge in [0.2, 0.25) is 0 Å². The Balaban J connectivity index is -0.00000000167. The van der Waals surface area contributed by atoms with Crippen molar-refractivity contribution in [2.75, 3.05) is 0 Å². The minimum atomic E-state index is 0. The van der Waals surface area contributed by atoms with E-state index in [9.17, 15) is 0 Å². The van der Waals surface area contributed by atoms with Gasteiger partial charge in [-0.3, -0.25) is 0 Å². The number of hydrogen-bond donors (Lipinski definition) is 0. The van der Waals surface area contributed by atoms with E-state index in [1.54, 1.807) is 0 Å². The molecule has 0 N–H and O–H groups in total. The fourth-order valence-electron chi connectivity index (χ4n) is 0. The molecule has 0 aliphatic heterocycles. The summed E-state index contributed by atoms with van der Waals surface area (Å²) in [7, 11) is 0. The third-order valence-electron chi connectivity index (χ3n) is 0. The van der Waals surface area contributed by atoms with Gasteiger partial charge >= 0.3 is 19.3 Å². The minimum absolute atomic E-state index is 0. The van der Waals surface area contributed by atoms with Gasteiger partial charge in [-0.25, -0.2) is 0 Å². The van der Waals surface area contributed by atoms with Crippen LogP contribution in [0.15, 0.2) is 0 Å². The van der Waals surface area contributed by atoms with Crippen molar-refractivity contribution in [3.05, 3.63) is 0 Å². The molecule has 0 bridgehead atoms. The summed E-state index contributed by atoms with van der Waals surface area (Å²) in [5, 5.41) is 0. The van der Waals surface area contributed by atoms with Crippen LogP contribution in [-0.4, -0.2) is 45.5 Å². The third kappa shape index (κ3) is 18.5. The Kier molecular flexibility index (Phi) is 122. The molecule has 0 unspecified atom stereocenters. The van der Waals surface area contributed by atoms with Crippen molar-refractivity contribution in [1.82, 2.24) is 0 Å². The summed E-state index contributed by atoms with van der Waals surface area (Å²) < 4.78 is 7.88. The molecule has 0 atom stereocenters. The molecule has 5 heteroatoms. The van der Waals surface area contributed by atoms with Gasteiger partial charge in [-0.05, 0) is 0 Å². The smallest absolute Gasteiger partial charge is 0 e. The van der Waals surface area contributed by atoms with Crippen LogP contribution in [0.3, 0.4) is 0 Å². The molecule has 0 aromatic carbocycles. The van der Waals surface area contributed by atoms with Crippen LogP contribution in [0.1, 0.15) is 0 Å². The van der Waals surface area contributed by atoms with Crippen molar-refractivity contribution >= 4 is 45.5 Å². The molecule has 0 rings (SSSR count). The Morgan fingerprint density at radius 3 is 1.20 bits per heavy atom. The second-order valence-corrected chi connectivity index (χ2v) is 0. The SMILES string of the molecule is [Fe].[La].[O]=[Ni].[Sr]. The van der Waals surface area contributed by atoms with Crippen molar-refractivity contribution in [2.24, 2.45) is 0 Å². The van der Waals surface area contributed by atoms with Crippen LogP contribution in [0.4, 0.5) is 0 Å². The first-order chi connectivity index (χ1) is 1.00. The summed E-state index contributed by atoms with van der Waals surface area (Å²) in [5.74, 6) is 0. The summed E-state index contributed by atoms with van der Waals surface area (Å²) in [5.41, 5.74) is 0. The first-order valence-electron chi connectivity index (χ1n) is 0.129. The molecular weight excluding hydrogens is 357 g/mol. The molecule has 0 aliphatic carbocycles. The largest absolute Gasteiger partial charge is 0 e. The van der Waals surface area contributed by atoms with Gasteiger partial charge in [-0.1, -0.05) is 0 Å². The molecule has 5 heavy (non-hydrogen) atoms. The number of hydrogen-bond acceptors (Lipinski definition) is 1. The van der Waals surface area contributed by atoms with Crippen molar-refractivity contribution in [2.45, 2.75) is 0 Å². The molecule has 29 valence electrons. The van der Waals surface area contributed by atoms with Crippen molar-refractivity contribution < 1.29 is 72.0 Å². The average Bonchev–Trinajstić information content (AvgIpc) is 1.00. The molecule has 1 nitrogen and oxygen atoms in total. The fraction of sp³-hybridized carbons (Fsp3) is 0. The summed E-state index contributed by atoms with van der Waals surface area (Å²) in [4.78, 5) is 0. The van der Waals surface area contributed by atoms with E-state index in [1.807, 2.05) is 0 Å². The van der Waals surface area contributed by atoms with E-state index in [-0.39, 0.29) is 98.1 Å². The monoisotopic (exact) mass is 357 g/mol. The molecule has 0 fully saturated rings. The summed E-state index contributed by atoms with van der Waals surface area (Å²) in [6, 6.07) is 0. The van der Waals surface area contributed by atoms with Gasteiger partial charge in [0.15, 0.2) is 0 Å². The first kappa shape index (κ1) is 23.6. The van der Waals surface area contributed by atoms with E-state index in [4.69, 9.17) is 3.90 Å². The van der Waals surface area contributed by atoms with E-state index < -0.39 is 0 Å². The Labute approximate surface area is 114 Å². The van der Waals surface area contributed by atoms with Gasteiger partial charge in [0.05, 0.1) is 0 Å². The molecule has 0 amide bonds. The Hall–Kier alpha value is 3.49. The van der Waals surface area contributed by atoms with E-state index in [0.29, 0.717) is 0 Å². The molecule has 0 aromatic rings. The van der Waals surface area contributed by atoms with Crippen LogP contribution in [0.2, 0.25) is 0 Å². The summed E-state index contributed by atoms with van der Waals surface area (Å²) in [6.45, 7) is 0. The maximum absolute atomic E-state index is 7.88. The van der Waals surface area contributed by atoms with Gasteiger partial charge in [-0.15, -0.1) is 0 Å². The molecule has 0 aliphatic rings. The molecule has 3 radical (unpaired) electrons. The first-order valence-corrected chi connectivity index (χ1v) is 0.532. The predicted octanol–water partition coefficient (Wildman–Crippen LogP) is -0.505. The summed E-state index contributed by atoms with van der Waals surface area (Å²) in [6.07, 6.45) is 0. The molecule has 0 saturated carbocycles. The standard InChI is InChI=1S/Fe.La.Ni.O.Sr. The van der Waals surface area contributed by atoms with Crippen LogP contribution < -0.4 is 0 Å². The zero-order chi connectivity index (χ0) is 2.00. The van der Waals surface area contributed by atoms with Crippen LogP contribution in [0.5, 0.6) is 0 Å². The van der Waals surface area contributed by atoms with Gasteiger partial charge < -0.3 is 0 Å². The summed E-state index contributed by atoms with van der Waals surface area (Å²) >= 11 is 2.62. The van der Waals surface area contributed by atoms with E-state index >= 15 is 0 Å². The third-order valence-corrected chi connectivity index (χ3v) is 0. The average molecular weight is 357 g/mol. The van der Waals surface area contributed by atoms with E-state index in [0.717, 1.165) is 0 Å². The maximum atomic E-state index is 7.88. The van der Waals surface area contributed by atoms with Gasteiger partial charge in [-0.2, -0.15) is 0 Å². The molecule has 0 saturated heterocycles. The molecular formula is FeLaNiOSr. The Morgan fingerprint density at radius 2 is 1.20 bits per heavy atom. The van der Waals surface area contributed by atoms with Crippen LogP contribution >= 0.6 is 0 Å². The quantitative estimate of drug-likeness (QED) is 0.535. The molecule has 0 heterocycles. The van der Waals surface area contributed by atoms with E-state index in [1.165, 1.54) is 0 Å². The maximum Gasteiger partial charge on any atom is 0 e. The zero-order valence-corrected chi connectivity index (χ0v) is 11.6. The second-order valence-electron chi connectivity index (χ2n) is 0. The normalized spacial score (nSPS) is 1.20. The van der Waals surface area contributed by atoms with E-state index in [2.05, 4.69) is 15.4 Å². The zero-order valence-electron chi connectivity index (χ0n) is 2.36. The van der Waals surface area contributed by atoms with Crippen molar-refractivity contribution in [3.63, 3.8) is 0 Å². The number of rotatable bonds is 0. The van der Waals surface area contributed by atoms with Crippen LogP contribution in [0.25, 0.3) is 0 Å².